The van der Waals surface area contributed by atoms with Gasteiger partial charge >= 0.3 is 0 Å². The number of rotatable bonds is 3. The van der Waals surface area contributed by atoms with E-state index >= 15 is 0 Å². The molecule has 2 fully saturated rings. The predicted octanol–water partition coefficient (Wildman–Crippen LogP) is 1.22. The first-order valence-corrected chi connectivity index (χ1v) is 8.31. The van der Waals surface area contributed by atoms with Gasteiger partial charge in [-0.2, -0.15) is 9.50 Å². The molecule has 4 rings (SSSR count). The number of pyridine rings is 1. The second-order valence-electron chi connectivity index (χ2n) is 6.50. The van der Waals surface area contributed by atoms with E-state index in [1.165, 1.54) is 0 Å². The first-order valence-electron chi connectivity index (χ1n) is 8.31. The summed E-state index contributed by atoms with van der Waals surface area (Å²) < 4.78 is 1.84. The topological polar surface area (TPSA) is 65.8 Å². The molecule has 1 aliphatic heterocycles. The van der Waals surface area contributed by atoms with Crippen LogP contribution in [-0.4, -0.2) is 58.6 Å². The number of nitrogens with one attached hydrogen (secondary N) is 1. The maximum absolute atomic E-state index is 11.9. The molecule has 3 heterocycles. The molecule has 0 spiro atoms. The zero-order valence-electron chi connectivity index (χ0n) is 13.4. The molecule has 1 aliphatic carbocycles. The average Bonchev–Trinajstić information content (AvgIpc) is 3.33. The summed E-state index contributed by atoms with van der Waals surface area (Å²) in [5, 5.41) is 7.34. The number of carbonyl (C=O) groups is 1. The summed E-state index contributed by atoms with van der Waals surface area (Å²) in [5.74, 6) is 1.64. The molecule has 1 saturated heterocycles. The van der Waals surface area contributed by atoms with Crippen LogP contribution in [0.3, 0.4) is 0 Å². The SMILES string of the molecule is CN1CCCN(c2cccc3nc(NC(=O)C4CC4)nn23)CC1. The Hall–Kier alpha value is -2.15. The Morgan fingerprint density at radius 3 is 2.91 bits per heavy atom. The molecule has 0 aromatic carbocycles. The van der Waals surface area contributed by atoms with Gasteiger partial charge in [-0.15, -0.1) is 5.10 Å². The fraction of sp³-hybridized carbons (Fsp3) is 0.562. The van der Waals surface area contributed by atoms with Crippen molar-refractivity contribution in [2.75, 3.05) is 43.4 Å². The Kier molecular flexibility index (Phi) is 3.65. The highest BCUT2D eigenvalue weighted by molar-refractivity contribution is 5.92. The van der Waals surface area contributed by atoms with E-state index in [0.717, 1.165) is 56.9 Å². The van der Waals surface area contributed by atoms with E-state index in [9.17, 15) is 4.79 Å². The highest BCUT2D eigenvalue weighted by atomic mass is 16.2. The smallest absolute Gasteiger partial charge is 0.249 e. The van der Waals surface area contributed by atoms with Gasteiger partial charge in [0.05, 0.1) is 0 Å². The standard InChI is InChI=1S/C16H22N6O/c1-20-8-3-9-21(11-10-20)14-5-2-4-13-17-16(19-22(13)14)18-15(23)12-6-7-12/h2,4-5,12H,3,6-11H2,1H3,(H,18,19,23). The maximum Gasteiger partial charge on any atom is 0.249 e. The predicted molar refractivity (Wildman–Crippen MR) is 88.7 cm³/mol. The van der Waals surface area contributed by atoms with Crippen molar-refractivity contribution in [3.63, 3.8) is 0 Å². The van der Waals surface area contributed by atoms with Gasteiger partial charge in [-0.05, 0) is 45.0 Å². The van der Waals surface area contributed by atoms with Crippen molar-refractivity contribution in [1.29, 1.82) is 0 Å². The third-order valence-corrected chi connectivity index (χ3v) is 4.57. The quantitative estimate of drug-likeness (QED) is 0.923. The molecule has 0 atom stereocenters. The van der Waals surface area contributed by atoms with Gasteiger partial charge in [0.25, 0.3) is 0 Å². The molecule has 7 heteroatoms. The number of likely N-dealkylation sites (N-methyl/N-ethyl adjacent to an activating group) is 1. The summed E-state index contributed by atoms with van der Waals surface area (Å²) in [6.45, 7) is 4.13. The fourth-order valence-corrected chi connectivity index (χ4v) is 3.02. The van der Waals surface area contributed by atoms with Crippen molar-refractivity contribution in [3.05, 3.63) is 18.2 Å². The summed E-state index contributed by atoms with van der Waals surface area (Å²) in [6.07, 6.45) is 3.09. The summed E-state index contributed by atoms with van der Waals surface area (Å²) in [6, 6.07) is 5.99. The van der Waals surface area contributed by atoms with Gasteiger partial charge in [0, 0.05) is 25.6 Å². The number of amides is 1. The second-order valence-corrected chi connectivity index (χ2v) is 6.50. The number of anilines is 2. The molecule has 122 valence electrons. The third kappa shape index (κ3) is 3.01. The van der Waals surface area contributed by atoms with E-state index in [2.05, 4.69) is 38.3 Å². The normalized spacial score (nSPS) is 19.8. The van der Waals surface area contributed by atoms with Crippen molar-refractivity contribution < 1.29 is 4.79 Å². The Morgan fingerprint density at radius 1 is 1.22 bits per heavy atom. The third-order valence-electron chi connectivity index (χ3n) is 4.57. The van der Waals surface area contributed by atoms with Gasteiger partial charge in [-0.1, -0.05) is 6.07 Å². The lowest BCUT2D eigenvalue weighted by Gasteiger charge is -2.22. The Morgan fingerprint density at radius 2 is 2.09 bits per heavy atom. The molecule has 0 unspecified atom stereocenters. The lowest BCUT2D eigenvalue weighted by atomic mass is 10.3. The van der Waals surface area contributed by atoms with Gasteiger partial charge in [-0.3, -0.25) is 10.1 Å². The van der Waals surface area contributed by atoms with Crippen molar-refractivity contribution in [2.45, 2.75) is 19.3 Å². The molecule has 1 N–H and O–H groups in total. The monoisotopic (exact) mass is 314 g/mol. The zero-order valence-corrected chi connectivity index (χ0v) is 13.4. The van der Waals surface area contributed by atoms with E-state index in [1.807, 2.05) is 16.6 Å². The van der Waals surface area contributed by atoms with Gasteiger partial charge in [0.1, 0.15) is 5.82 Å². The van der Waals surface area contributed by atoms with E-state index < -0.39 is 0 Å². The summed E-state index contributed by atoms with van der Waals surface area (Å²) >= 11 is 0. The number of fused-ring (bicyclic) bond motifs is 1. The molecule has 2 aromatic heterocycles. The molecular formula is C16H22N6O. The molecule has 7 nitrogen and oxygen atoms in total. The first-order chi connectivity index (χ1) is 11.2. The number of hydrogen-bond donors (Lipinski definition) is 1. The first kappa shape index (κ1) is 14.4. The molecule has 2 aliphatic rings. The summed E-state index contributed by atoms with van der Waals surface area (Å²) in [7, 11) is 2.16. The van der Waals surface area contributed by atoms with Crippen LogP contribution in [-0.2, 0) is 4.79 Å². The highest BCUT2D eigenvalue weighted by Gasteiger charge is 2.30. The van der Waals surface area contributed by atoms with E-state index in [0.29, 0.717) is 5.95 Å². The van der Waals surface area contributed by atoms with Crippen LogP contribution in [0.5, 0.6) is 0 Å². The largest absolute Gasteiger partial charge is 0.355 e. The van der Waals surface area contributed by atoms with Crippen molar-refractivity contribution >= 4 is 23.3 Å². The van der Waals surface area contributed by atoms with E-state index in [4.69, 9.17) is 0 Å². The summed E-state index contributed by atoms with van der Waals surface area (Å²) in [4.78, 5) is 21.0. The van der Waals surface area contributed by atoms with Gasteiger partial charge in [-0.25, -0.2) is 0 Å². The van der Waals surface area contributed by atoms with Gasteiger partial charge in [0.15, 0.2) is 5.65 Å². The molecule has 2 aromatic rings. The minimum Gasteiger partial charge on any atom is -0.355 e. The zero-order chi connectivity index (χ0) is 15.8. The van der Waals surface area contributed by atoms with Crippen LogP contribution < -0.4 is 10.2 Å². The highest BCUT2D eigenvalue weighted by Crippen LogP contribution is 2.30. The number of nitrogens with zero attached hydrogens (tertiary/aromatic N) is 5. The minimum absolute atomic E-state index is 0.0406. The average molecular weight is 314 g/mol. The van der Waals surface area contributed by atoms with Crippen molar-refractivity contribution in [3.8, 4) is 0 Å². The van der Waals surface area contributed by atoms with Crippen LogP contribution in [0.2, 0.25) is 0 Å². The molecule has 1 saturated carbocycles. The molecule has 0 radical (unpaired) electrons. The van der Waals surface area contributed by atoms with Crippen LogP contribution >= 0.6 is 0 Å². The number of carbonyl (C=O) groups excluding carboxylic acids is 1. The number of aromatic nitrogens is 3. The van der Waals surface area contributed by atoms with Gasteiger partial charge < -0.3 is 9.80 Å². The summed E-state index contributed by atoms with van der Waals surface area (Å²) in [5.41, 5.74) is 0.770. The molecule has 23 heavy (non-hydrogen) atoms. The van der Waals surface area contributed by atoms with E-state index in [-0.39, 0.29) is 11.8 Å². The van der Waals surface area contributed by atoms with Crippen molar-refractivity contribution in [1.82, 2.24) is 19.5 Å². The van der Waals surface area contributed by atoms with Crippen LogP contribution in [0, 0.1) is 5.92 Å². The number of hydrogen-bond acceptors (Lipinski definition) is 5. The Labute approximate surface area is 135 Å². The van der Waals surface area contributed by atoms with Crippen LogP contribution in [0.25, 0.3) is 5.65 Å². The van der Waals surface area contributed by atoms with E-state index in [1.54, 1.807) is 0 Å². The Bertz CT molecular complexity index is 722. The van der Waals surface area contributed by atoms with Crippen LogP contribution in [0.4, 0.5) is 11.8 Å². The second kappa shape index (κ2) is 5.81. The van der Waals surface area contributed by atoms with Crippen molar-refractivity contribution in [2.24, 2.45) is 5.92 Å². The Balaban J connectivity index is 1.61. The molecule has 1 amide bonds. The van der Waals surface area contributed by atoms with Crippen LogP contribution in [0.1, 0.15) is 19.3 Å². The lowest BCUT2D eigenvalue weighted by Crippen LogP contribution is -2.30. The van der Waals surface area contributed by atoms with Crippen LogP contribution in [0.15, 0.2) is 18.2 Å². The van der Waals surface area contributed by atoms with Gasteiger partial charge in [0.2, 0.25) is 11.9 Å². The minimum atomic E-state index is 0.0406. The molecular weight excluding hydrogens is 292 g/mol. The maximum atomic E-state index is 11.9. The molecule has 0 bridgehead atoms. The lowest BCUT2D eigenvalue weighted by molar-refractivity contribution is -0.117. The fourth-order valence-electron chi connectivity index (χ4n) is 3.02.